The molecule has 0 saturated carbocycles. The Morgan fingerprint density at radius 1 is 0.931 bits per heavy atom. The van der Waals surface area contributed by atoms with E-state index < -0.39 is 0 Å². The zero-order valence-corrected chi connectivity index (χ0v) is 17.7. The summed E-state index contributed by atoms with van der Waals surface area (Å²) in [5.74, 6) is 0. The Balaban J connectivity index is 1.79. The SMILES string of the molecule is CC1(c2ccccc2)CC(C)(C)N(C(=O)Nc2cccc(Cl)c2)c2ccccc21. The van der Waals surface area contributed by atoms with E-state index in [9.17, 15) is 4.79 Å². The lowest BCUT2D eigenvalue weighted by atomic mass is 9.65. The molecule has 1 heterocycles. The van der Waals surface area contributed by atoms with E-state index in [0.717, 1.165) is 17.7 Å². The Morgan fingerprint density at radius 2 is 1.62 bits per heavy atom. The summed E-state index contributed by atoms with van der Waals surface area (Å²) in [4.78, 5) is 15.3. The second kappa shape index (κ2) is 7.23. The Hall–Kier alpha value is -2.78. The van der Waals surface area contributed by atoms with Gasteiger partial charge >= 0.3 is 6.03 Å². The van der Waals surface area contributed by atoms with E-state index in [0.29, 0.717) is 10.7 Å². The largest absolute Gasteiger partial charge is 0.326 e. The molecule has 1 N–H and O–H groups in total. The van der Waals surface area contributed by atoms with Crippen molar-refractivity contribution >= 4 is 29.0 Å². The van der Waals surface area contributed by atoms with Crippen molar-refractivity contribution in [3.8, 4) is 0 Å². The number of benzene rings is 3. The van der Waals surface area contributed by atoms with Crippen molar-refractivity contribution in [1.29, 1.82) is 0 Å². The lowest BCUT2D eigenvalue weighted by Gasteiger charge is -2.51. The van der Waals surface area contributed by atoms with Crippen molar-refractivity contribution < 1.29 is 4.79 Å². The van der Waals surface area contributed by atoms with Gasteiger partial charge in [0, 0.05) is 21.7 Å². The smallest absolute Gasteiger partial charge is 0.307 e. The fraction of sp³-hybridized carbons (Fsp3) is 0.240. The highest BCUT2D eigenvalue weighted by Crippen LogP contribution is 2.50. The molecular weight excluding hydrogens is 380 g/mol. The molecule has 1 aliphatic rings. The third kappa shape index (κ3) is 3.51. The van der Waals surface area contributed by atoms with Crippen molar-refractivity contribution in [3.63, 3.8) is 0 Å². The van der Waals surface area contributed by atoms with Gasteiger partial charge < -0.3 is 5.32 Å². The van der Waals surface area contributed by atoms with Crippen LogP contribution in [0.25, 0.3) is 0 Å². The lowest BCUT2D eigenvalue weighted by Crippen LogP contribution is -2.57. The monoisotopic (exact) mass is 404 g/mol. The van der Waals surface area contributed by atoms with Crippen LogP contribution in [0.3, 0.4) is 0 Å². The van der Waals surface area contributed by atoms with Crippen molar-refractivity contribution in [2.45, 2.75) is 38.1 Å². The first-order valence-electron chi connectivity index (χ1n) is 9.83. The van der Waals surface area contributed by atoms with Gasteiger partial charge in [-0.15, -0.1) is 0 Å². The number of para-hydroxylation sites is 1. The fourth-order valence-electron chi connectivity index (χ4n) is 4.69. The van der Waals surface area contributed by atoms with E-state index >= 15 is 0 Å². The van der Waals surface area contributed by atoms with Crippen LogP contribution in [0.4, 0.5) is 16.2 Å². The Labute approximate surface area is 177 Å². The zero-order valence-electron chi connectivity index (χ0n) is 16.9. The van der Waals surface area contributed by atoms with E-state index in [4.69, 9.17) is 11.6 Å². The molecule has 0 radical (unpaired) electrons. The second-order valence-corrected chi connectivity index (χ2v) is 8.92. The quantitative estimate of drug-likeness (QED) is 0.496. The molecule has 0 fully saturated rings. The third-order valence-corrected chi connectivity index (χ3v) is 6.06. The summed E-state index contributed by atoms with van der Waals surface area (Å²) in [7, 11) is 0. The summed E-state index contributed by atoms with van der Waals surface area (Å²) >= 11 is 6.09. The van der Waals surface area contributed by atoms with E-state index in [1.807, 2.05) is 41.3 Å². The Kier molecular flexibility index (Phi) is 4.87. The lowest BCUT2D eigenvalue weighted by molar-refractivity contribution is 0.243. The summed E-state index contributed by atoms with van der Waals surface area (Å²) in [5, 5.41) is 3.61. The average Bonchev–Trinajstić information content (AvgIpc) is 2.68. The molecule has 4 heteroatoms. The van der Waals surface area contributed by atoms with Crippen molar-refractivity contribution in [2.24, 2.45) is 0 Å². The summed E-state index contributed by atoms with van der Waals surface area (Å²) < 4.78 is 0. The minimum Gasteiger partial charge on any atom is -0.307 e. The Morgan fingerprint density at radius 3 is 2.34 bits per heavy atom. The van der Waals surface area contributed by atoms with Gasteiger partial charge in [-0.1, -0.05) is 73.1 Å². The molecule has 4 rings (SSSR count). The molecule has 3 aromatic rings. The number of nitrogens with zero attached hydrogens (tertiary/aromatic N) is 1. The predicted molar refractivity (Wildman–Crippen MR) is 121 cm³/mol. The van der Waals surface area contributed by atoms with Gasteiger partial charge in [-0.25, -0.2) is 4.79 Å². The van der Waals surface area contributed by atoms with Gasteiger partial charge in [0.25, 0.3) is 0 Å². The average molecular weight is 405 g/mol. The van der Waals surface area contributed by atoms with E-state index in [1.54, 1.807) is 12.1 Å². The van der Waals surface area contributed by atoms with E-state index in [-0.39, 0.29) is 17.0 Å². The summed E-state index contributed by atoms with van der Waals surface area (Å²) in [5.41, 5.74) is 3.47. The number of hydrogen-bond donors (Lipinski definition) is 1. The standard InChI is InChI=1S/C25H25ClN2O/c1-24(2)17-25(3,18-10-5-4-6-11-18)21-14-7-8-15-22(21)28(24)23(29)27-20-13-9-12-19(26)16-20/h4-16H,17H2,1-3H3,(H,27,29). The van der Waals surface area contributed by atoms with Gasteiger partial charge in [0.1, 0.15) is 0 Å². The number of halogens is 1. The molecular formula is C25H25ClN2O. The summed E-state index contributed by atoms with van der Waals surface area (Å²) in [6.45, 7) is 6.53. The van der Waals surface area contributed by atoms with Crippen LogP contribution in [-0.2, 0) is 5.41 Å². The fourth-order valence-corrected chi connectivity index (χ4v) is 4.88. The summed E-state index contributed by atoms with van der Waals surface area (Å²) in [6, 6.07) is 25.8. The molecule has 29 heavy (non-hydrogen) atoms. The van der Waals surface area contributed by atoms with E-state index in [2.05, 4.69) is 56.4 Å². The van der Waals surface area contributed by atoms with Gasteiger partial charge in [0.05, 0.1) is 5.69 Å². The van der Waals surface area contributed by atoms with Gasteiger partial charge in [-0.05, 0) is 55.7 Å². The highest BCUT2D eigenvalue weighted by molar-refractivity contribution is 6.30. The number of urea groups is 1. The van der Waals surface area contributed by atoms with Gasteiger partial charge in [0.15, 0.2) is 0 Å². The van der Waals surface area contributed by atoms with Crippen LogP contribution in [0.5, 0.6) is 0 Å². The number of hydrogen-bond acceptors (Lipinski definition) is 1. The molecule has 3 aromatic carbocycles. The molecule has 148 valence electrons. The van der Waals surface area contributed by atoms with Crippen LogP contribution >= 0.6 is 11.6 Å². The van der Waals surface area contributed by atoms with Crippen LogP contribution < -0.4 is 10.2 Å². The highest BCUT2D eigenvalue weighted by Gasteiger charge is 2.47. The van der Waals surface area contributed by atoms with Gasteiger partial charge in [-0.2, -0.15) is 0 Å². The Bertz CT molecular complexity index is 1050. The zero-order chi connectivity index (χ0) is 20.6. The third-order valence-electron chi connectivity index (χ3n) is 5.82. The number of amides is 2. The molecule has 3 nitrogen and oxygen atoms in total. The van der Waals surface area contributed by atoms with Gasteiger partial charge in [0.2, 0.25) is 0 Å². The maximum Gasteiger partial charge on any atom is 0.326 e. The van der Waals surface area contributed by atoms with Crippen LogP contribution in [0.15, 0.2) is 78.9 Å². The second-order valence-electron chi connectivity index (χ2n) is 8.48. The molecule has 2 amide bonds. The molecule has 1 unspecified atom stereocenters. The number of anilines is 2. The molecule has 1 aliphatic heterocycles. The first kappa shape index (κ1) is 19.5. The number of nitrogens with one attached hydrogen (secondary N) is 1. The van der Waals surface area contributed by atoms with Gasteiger partial charge in [-0.3, -0.25) is 4.90 Å². The van der Waals surface area contributed by atoms with Crippen molar-refractivity contribution in [3.05, 3.63) is 95.0 Å². The predicted octanol–water partition coefficient (Wildman–Crippen LogP) is 6.87. The van der Waals surface area contributed by atoms with Crippen LogP contribution in [0, 0.1) is 0 Å². The molecule has 0 aliphatic carbocycles. The first-order chi connectivity index (χ1) is 13.8. The van der Waals surface area contributed by atoms with Crippen molar-refractivity contribution in [2.75, 3.05) is 10.2 Å². The number of carbonyl (C=O) groups excluding carboxylic acids is 1. The topological polar surface area (TPSA) is 32.3 Å². The van der Waals surface area contributed by atoms with Crippen LogP contribution in [0.1, 0.15) is 38.3 Å². The molecule has 0 bridgehead atoms. The number of fused-ring (bicyclic) bond motifs is 1. The minimum atomic E-state index is -0.387. The first-order valence-corrected chi connectivity index (χ1v) is 10.2. The molecule has 1 atom stereocenters. The molecule has 0 saturated heterocycles. The maximum absolute atomic E-state index is 13.4. The molecule has 0 spiro atoms. The normalized spacial score (nSPS) is 20.1. The highest BCUT2D eigenvalue weighted by atomic mass is 35.5. The van der Waals surface area contributed by atoms with Crippen LogP contribution in [0.2, 0.25) is 5.02 Å². The van der Waals surface area contributed by atoms with E-state index in [1.165, 1.54) is 5.56 Å². The summed E-state index contributed by atoms with van der Waals surface area (Å²) in [6.07, 6.45) is 0.810. The van der Waals surface area contributed by atoms with Crippen LogP contribution in [-0.4, -0.2) is 11.6 Å². The number of rotatable bonds is 2. The maximum atomic E-state index is 13.4. The molecule has 0 aromatic heterocycles. The van der Waals surface area contributed by atoms with Crippen molar-refractivity contribution in [1.82, 2.24) is 0 Å². The number of carbonyl (C=O) groups is 1. The minimum absolute atomic E-state index is 0.153.